The van der Waals surface area contributed by atoms with Gasteiger partial charge in [0.15, 0.2) is 0 Å². The fourth-order valence-electron chi connectivity index (χ4n) is 0.723. The first-order valence-electron chi connectivity index (χ1n) is 4.17. The van der Waals surface area contributed by atoms with Crippen molar-refractivity contribution in [3.63, 3.8) is 0 Å². The Morgan fingerprint density at radius 3 is 2.64 bits per heavy atom. The van der Waals surface area contributed by atoms with Crippen LogP contribution in [0, 0.1) is 0 Å². The molecule has 0 saturated carbocycles. The first kappa shape index (κ1) is 11.2. The first-order chi connectivity index (χ1) is 5.27. The summed E-state index contributed by atoms with van der Waals surface area (Å²) < 4.78 is 0. The number of allylic oxidation sites excluding steroid dienone is 1. The van der Waals surface area contributed by atoms with Crippen LogP contribution in [0.15, 0.2) is 11.6 Å². The van der Waals surface area contributed by atoms with E-state index >= 15 is 0 Å². The van der Waals surface area contributed by atoms with E-state index in [0.717, 1.165) is 18.4 Å². The van der Waals surface area contributed by atoms with E-state index in [2.05, 4.69) is 41.2 Å². The maximum Gasteiger partial charge on any atom is 0.0137 e. The molecule has 0 aliphatic heterocycles. The summed E-state index contributed by atoms with van der Waals surface area (Å²) in [7, 11) is 0. The number of rotatable bonds is 6. The quantitative estimate of drug-likeness (QED) is 0.412. The molecule has 1 nitrogen and oxygen atoms in total. The lowest BCUT2D eigenvalue weighted by Gasteiger charge is -1.99. The maximum absolute atomic E-state index is 3.40. The van der Waals surface area contributed by atoms with Crippen molar-refractivity contribution in [2.75, 3.05) is 18.4 Å². The van der Waals surface area contributed by atoms with Gasteiger partial charge in [0.1, 0.15) is 0 Å². The molecule has 0 aromatic rings. The van der Waals surface area contributed by atoms with Gasteiger partial charge in [-0.15, -0.1) is 0 Å². The molecule has 0 bridgehead atoms. The van der Waals surface area contributed by atoms with E-state index in [1.807, 2.05) is 0 Å². The normalized spacial score (nSPS) is 9.73. The predicted molar refractivity (Wildman–Crippen MR) is 55.3 cm³/mol. The molecule has 11 heavy (non-hydrogen) atoms. The van der Waals surface area contributed by atoms with Crippen molar-refractivity contribution in [1.82, 2.24) is 5.32 Å². The standard InChI is InChI=1S/C9H18BrN/c1-9(2)5-8-11-7-4-3-6-10/h5,11H,3-4,6-8H2,1-2H3. The van der Waals surface area contributed by atoms with Gasteiger partial charge in [-0.05, 0) is 33.2 Å². The topological polar surface area (TPSA) is 12.0 Å². The van der Waals surface area contributed by atoms with Crippen LogP contribution in [-0.4, -0.2) is 18.4 Å². The second-order valence-electron chi connectivity index (χ2n) is 2.88. The van der Waals surface area contributed by atoms with Crippen LogP contribution in [0.25, 0.3) is 0 Å². The maximum atomic E-state index is 3.40. The number of hydrogen-bond donors (Lipinski definition) is 1. The summed E-state index contributed by atoms with van der Waals surface area (Å²) in [5.41, 5.74) is 1.39. The lowest BCUT2D eigenvalue weighted by molar-refractivity contribution is 0.684. The Labute approximate surface area is 78.4 Å². The SMILES string of the molecule is CC(C)=CCNCCCCBr. The molecule has 0 aliphatic carbocycles. The lowest BCUT2D eigenvalue weighted by atomic mass is 10.3. The molecule has 0 unspecified atom stereocenters. The van der Waals surface area contributed by atoms with Gasteiger partial charge >= 0.3 is 0 Å². The Balaban J connectivity index is 2.97. The zero-order valence-corrected chi connectivity index (χ0v) is 9.08. The molecule has 2 heteroatoms. The Morgan fingerprint density at radius 1 is 1.36 bits per heavy atom. The fraction of sp³-hybridized carbons (Fsp3) is 0.778. The number of halogens is 1. The van der Waals surface area contributed by atoms with Crippen LogP contribution in [0.1, 0.15) is 26.7 Å². The Kier molecular flexibility index (Phi) is 8.41. The van der Waals surface area contributed by atoms with Crippen molar-refractivity contribution in [1.29, 1.82) is 0 Å². The summed E-state index contributed by atoms with van der Waals surface area (Å²) in [6.07, 6.45) is 4.75. The Hall–Kier alpha value is 0.180. The molecule has 0 atom stereocenters. The zero-order valence-electron chi connectivity index (χ0n) is 7.49. The molecule has 0 saturated heterocycles. The van der Waals surface area contributed by atoms with E-state index in [4.69, 9.17) is 0 Å². The van der Waals surface area contributed by atoms with Gasteiger partial charge in [-0.2, -0.15) is 0 Å². The minimum absolute atomic E-state index is 1.02. The number of nitrogens with one attached hydrogen (secondary N) is 1. The molecule has 0 aromatic carbocycles. The molecule has 0 heterocycles. The van der Waals surface area contributed by atoms with E-state index in [-0.39, 0.29) is 0 Å². The second kappa shape index (κ2) is 8.28. The van der Waals surface area contributed by atoms with Crippen molar-refractivity contribution < 1.29 is 0 Å². The molecular weight excluding hydrogens is 202 g/mol. The predicted octanol–water partition coefficient (Wildman–Crippen LogP) is 2.72. The van der Waals surface area contributed by atoms with E-state index in [1.165, 1.54) is 18.4 Å². The van der Waals surface area contributed by atoms with Crippen LogP contribution in [0.5, 0.6) is 0 Å². The minimum atomic E-state index is 1.02. The van der Waals surface area contributed by atoms with Crippen molar-refractivity contribution in [2.24, 2.45) is 0 Å². The molecule has 0 fully saturated rings. The highest BCUT2D eigenvalue weighted by Crippen LogP contribution is 1.91. The van der Waals surface area contributed by atoms with Gasteiger partial charge < -0.3 is 5.32 Å². The van der Waals surface area contributed by atoms with Crippen molar-refractivity contribution in [2.45, 2.75) is 26.7 Å². The third-order valence-corrected chi connectivity index (χ3v) is 1.95. The van der Waals surface area contributed by atoms with Crippen LogP contribution >= 0.6 is 15.9 Å². The monoisotopic (exact) mass is 219 g/mol. The fourth-order valence-corrected chi connectivity index (χ4v) is 1.12. The van der Waals surface area contributed by atoms with Gasteiger partial charge in [-0.25, -0.2) is 0 Å². The van der Waals surface area contributed by atoms with Crippen molar-refractivity contribution in [3.05, 3.63) is 11.6 Å². The Bertz CT molecular complexity index is 106. The average molecular weight is 220 g/mol. The van der Waals surface area contributed by atoms with E-state index in [0.29, 0.717) is 0 Å². The molecular formula is C9H18BrN. The summed E-state index contributed by atoms with van der Waals surface area (Å²) in [5, 5.41) is 4.48. The largest absolute Gasteiger partial charge is 0.313 e. The van der Waals surface area contributed by atoms with E-state index in [9.17, 15) is 0 Å². The number of hydrogen-bond acceptors (Lipinski definition) is 1. The van der Waals surface area contributed by atoms with Gasteiger partial charge in [0.25, 0.3) is 0 Å². The number of unbranched alkanes of at least 4 members (excludes halogenated alkanes) is 1. The van der Waals surface area contributed by atoms with Gasteiger partial charge in [0, 0.05) is 11.9 Å². The van der Waals surface area contributed by atoms with Crippen LogP contribution in [0.3, 0.4) is 0 Å². The zero-order chi connectivity index (χ0) is 8.53. The molecule has 0 rings (SSSR count). The molecule has 0 radical (unpaired) electrons. The molecule has 0 aromatic heterocycles. The Morgan fingerprint density at radius 2 is 2.09 bits per heavy atom. The summed E-state index contributed by atoms with van der Waals surface area (Å²) in [6.45, 7) is 6.40. The van der Waals surface area contributed by atoms with Gasteiger partial charge in [0.05, 0.1) is 0 Å². The third-order valence-electron chi connectivity index (χ3n) is 1.39. The highest BCUT2D eigenvalue weighted by atomic mass is 79.9. The third kappa shape index (κ3) is 10.2. The van der Waals surface area contributed by atoms with Crippen molar-refractivity contribution in [3.8, 4) is 0 Å². The second-order valence-corrected chi connectivity index (χ2v) is 3.67. The molecule has 1 N–H and O–H groups in total. The van der Waals surface area contributed by atoms with Crippen LogP contribution in [0.2, 0.25) is 0 Å². The summed E-state index contributed by atoms with van der Waals surface area (Å²) >= 11 is 3.40. The van der Waals surface area contributed by atoms with Crippen LogP contribution < -0.4 is 5.32 Å². The lowest BCUT2D eigenvalue weighted by Crippen LogP contribution is -2.15. The number of alkyl halides is 1. The average Bonchev–Trinajstić information content (AvgIpc) is 1.96. The smallest absolute Gasteiger partial charge is 0.0137 e. The first-order valence-corrected chi connectivity index (χ1v) is 5.29. The molecule has 66 valence electrons. The summed E-state index contributed by atoms with van der Waals surface area (Å²) in [5.74, 6) is 0. The summed E-state index contributed by atoms with van der Waals surface area (Å²) in [6, 6.07) is 0. The molecule has 0 aliphatic rings. The minimum Gasteiger partial charge on any atom is -0.313 e. The van der Waals surface area contributed by atoms with E-state index in [1.54, 1.807) is 0 Å². The molecule has 0 amide bonds. The van der Waals surface area contributed by atoms with Gasteiger partial charge in [0.2, 0.25) is 0 Å². The molecule has 0 spiro atoms. The van der Waals surface area contributed by atoms with Crippen molar-refractivity contribution >= 4 is 15.9 Å². The van der Waals surface area contributed by atoms with Crippen LogP contribution in [0.4, 0.5) is 0 Å². The van der Waals surface area contributed by atoms with Gasteiger partial charge in [-0.1, -0.05) is 27.6 Å². The highest BCUT2D eigenvalue weighted by molar-refractivity contribution is 9.09. The van der Waals surface area contributed by atoms with E-state index < -0.39 is 0 Å². The van der Waals surface area contributed by atoms with Gasteiger partial charge in [-0.3, -0.25) is 0 Å². The highest BCUT2D eigenvalue weighted by Gasteiger charge is 1.84. The van der Waals surface area contributed by atoms with Crippen LogP contribution in [-0.2, 0) is 0 Å². The summed E-state index contributed by atoms with van der Waals surface area (Å²) in [4.78, 5) is 0.